The zero-order chi connectivity index (χ0) is 59.1. The van der Waals surface area contributed by atoms with Gasteiger partial charge in [-0.1, -0.05) is 180 Å². The van der Waals surface area contributed by atoms with Crippen molar-refractivity contribution in [2.75, 3.05) is 0 Å². The van der Waals surface area contributed by atoms with Gasteiger partial charge in [0, 0.05) is 71.2 Å². The summed E-state index contributed by atoms with van der Waals surface area (Å²) in [5, 5.41) is 9.31. The minimum absolute atomic E-state index is 0.623. The Balaban J connectivity index is 1.27. The lowest BCUT2D eigenvalue weighted by molar-refractivity contribution is 1.03. The number of para-hydroxylation sites is 4. The maximum atomic E-state index is 6.05. The molecule has 0 amide bonds. The van der Waals surface area contributed by atoms with Crippen molar-refractivity contribution in [2.45, 2.75) is 41.5 Å². The number of hydrogen-bond donors (Lipinski definition) is 0. The summed E-state index contributed by atoms with van der Waals surface area (Å²) in [6.07, 6.45) is 0. The molecule has 11 aromatic carbocycles. The van der Waals surface area contributed by atoms with Crippen LogP contribution in [0.1, 0.15) is 33.6 Å². The molecule has 6 heterocycles. The molecule has 418 valence electrons. The number of hydrogen-bond acceptors (Lipinski definition) is 3. The van der Waals surface area contributed by atoms with E-state index in [0.717, 1.165) is 144 Å². The lowest BCUT2D eigenvalue weighted by Gasteiger charge is -2.31. The quantitative estimate of drug-likeness (QED) is 0.152. The molecule has 7 heteroatoms. The molecule has 6 aromatic heterocycles. The highest BCUT2D eigenvalue weighted by molar-refractivity contribution is 6.19. The standard InChI is InChI=1S/C81H59N7/c1-48-33-37-71-61(41-48)57-25-13-17-29-67(57)85(71)77-75(56-45-52(5)82-53(6)46-56)78(86-68-30-18-14-26-58(68)62-42-49(2)34-38-72(62)86)80(88-70-32-20-16-28-60(70)64-44-51(4)36-40-74(64)88)79(87-69-31-19-15-27-59(69)63-43-50(3)35-39-73(63)87)76(77)66-47-65(54-21-9-7-10-22-54)83-81(84-66)55-23-11-8-12-24-55/h7-47H,1-6H3. The van der Waals surface area contributed by atoms with Crippen LogP contribution in [0.4, 0.5) is 0 Å². The Hall–Kier alpha value is -11.2. The molecule has 0 aliphatic rings. The van der Waals surface area contributed by atoms with Gasteiger partial charge in [0.1, 0.15) is 0 Å². The van der Waals surface area contributed by atoms with Gasteiger partial charge >= 0.3 is 0 Å². The summed E-state index contributed by atoms with van der Waals surface area (Å²) in [5.74, 6) is 0.623. The second kappa shape index (κ2) is 19.7. The number of aromatic nitrogens is 7. The molecule has 0 aliphatic carbocycles. The van der Waals surface area contributed by atoms with E-state index in [1.807, 2.05) is 0 Å². The molecule has 0 N–H and O–H groups in total. The fourth-order valence-electron chi connectivity index (χ4n) is 14.4. The van der Waals surface area contributed by atoms with Crippen LogP contribution < -0.4 is 0 Å². The van der Waals surface area contributed by atoms with Crippen LogP contribution in [0, 0.1) is 41.5 Å². The van der Waals surface area contributed by atoms with Crippen molar-refractivity contribution in [3.63, 3.8) is 0 Å². The molecule has 88 heavy (non-hydrogen) atoms. The first-order valence-electron chi connectivity index (χ1n) is 30.3. The maximum absolute atomic E-state index is 6.05. The van der Waals surface area contributed by atoms with E-state index in [9.17, 15) is 0 Å². The summed E-state index contributed by atoms with van der Waals surface area (Å²) in [6.45, 7) is 13.1. The summed E-state index contributed by atoms with van der Waals surface area (Å²) in [4.78, 5) is 16.8. The van der Waals surface area contributed by atoms with E-state index >= 15 is 0 Å². The Morgan fingerprint density at radius 3 is 0.977 bits per heavy atom. The van der Waals surface area contributed by atoms with E-state index in [1.165, 1.54) is 38.4 Å². The molecule has 17 rings (SSSR count). The number of rotatable bonds is 8. The third-order valence-corrected chi connectivity index (χ3v) is 18.1. The van der Waals surface area contributed by atoms with Crippen molar-refractivity contribution in [1.29, 1.82) is 0 Å². The van der Waals surface area contributed by atoms with Gasteiger partial charge in [0.15, 0.2) is 5.82 Å². The van der Waals surface area contributed by atoms with Crippen LogP contribution in [-0.2, 0) is 0 Å². The van der Waals surface area contributed by atoms with Crippen LogP contribution in [-0.4, -0.2) is 33.2 Å². The van der Waals surface area contributed by atoms with E-state index < -0.39 is 0 Å². The molecule has 0 atom stereocenters. The Morgan fingerprint density at radius 1 is 0.227 bits per heavy atom. The molecule has 0 fully saturated rings. The monoisotopic (exact) mass is 1130 g/mol. The van der Waals surface area contributed by atoms with Gasteiger partial charge in [-0.3, -0.25) is 4.98 Å². The van der Waals surface area contributed by atoms with Crippen molar-refractivity contribution in [3.05, 3.63) is 282 Å². The average molecular weight is 1130 g/mol. The topological polar surface area (TPSA) is 58.4 Å². The predicted octanol–water partition coefficient (Wildman–Crippen LogP) is 20.8. The Bertz CT molecular complexity index is 5680. The molecule has 0 spiro atoms. The second-order valence-electron chi connectivity index (χ2n) is 24.0. The highest BCUT2D eigenvalue weighted by Gasteiger charge is 2.36. The van der Waals surface area contributed by atoms with Crippen LogP contribution in [0.3, 0.4) is 0 Å². The maximum Gasteiger partial charge on any atom is 0.160 e. The highest BCUT2D eigenvalue weighted by Crippen LogP contribution is 2.55. The van der Waals surface area contributed by atoms with Gasteiger partial charge in [-0.05, 0) is 138 Å². The minimum atomic E-state index is 0.623. The third-order valence-electron chi connectivity index (χ3n) is 18.1. The van der Waals surface area contributed by atoms with E-state index in [1.54, 1.807) is 0 Å². The molecular weight excluding hydrogens is 1070 g/mol. The molecule has 0 saturated heterocycles. The van der Waals surface area contributed by atoms with Crippen LogP contribution in [0.2, 0.25) is 0 Å². The van der Waals surface area contributed by atoms with Crippen LogP contribution in [0.5, 0.6) is 0 Å². The first kappa shape index (κ1) is 51.3. The van der Waals surface area contributed by atoms with Gasteiger partial charge in [-0.2, -0.15) is 0 Å². The first-order chi connectivity index (χ1) is 43.1. The number of aryl methyl sites for hydroxylation is 6. The summed E-state index contributed by atoms with van der Waals surface area (Å²) >= 11 is 0. The molecule has 0 saturated carbocycles. The Kier molecular flexibility index (Phi) is 11.5. The zero-order valence-corrected chi connectivity index (χ0v) is 49.8. The average Bonchev–Trinajstić information content (AvgIpc) is 1.65. The van der Waals surface area contributed by atoms with E-state index in [-0.39, 0.29) is 0 Å². The highest BCUT2D eigenvalue weighted by atomic mass is 15.1. The first-order valence-corrected chi connectivity index (χ1v) is 30.3. The van der Waals surface area contributed by atoms with Gasteiger partial charge in [-0.15, -0.1) is 0 Å². The lowest BCUT2D eigenvalue weighted by Crippen LogP contribution is -2.16. The Morgan fingerprint density at radius 2 is 0.557 bits per heavy atom. The van der Waals surface area contributed by atoms with E-state index in [0.29, 0.717) is 5.82 Å². The van der Waals surface area contributed by atoms with Crippen molar-refractivity contribution in [3.8, 4) is 67.8 Å². The molecule has 0 bridgehead atoms. The number of pyridine rings is 1. The van der Waals surface area contributed by atoms with Gasteiger partial charge in [0.05, 0.1) is 83.8 Å². The fraction of sp³-hybridized carbons (Fsp3) is 0.0741. The van der Waals surface area contributed by atoms with Gasteiger partial charge in [0.25, 0.3) is 0 Å². The van der Waals surface area contributed by atoms with Gasteiger partial charge in [0.2, 0.25) is 0 Å². The molecule has 0 unspecified atom stereocenters. The van der Waals surface area contributed by atoms with Crippen LogP contribution in [0.25, 0.3) is 155 Å². The van der Waals surface area contributed by atoms with Gasteiger partial charge < -0.3 is 18.3 Å². The van der Waals surface area contributed by atoms with E-state index in [4.69, 9.17) is 15.0 Å². The predicted molar refractivity (Wildman–Crippen MR) is 367 cm³/mol. The largest absolute Gasteiger partial charge is 0.308 e. The molecule has 17 aromatic rings. The summed E-state index contributed by atoms with van der Waals surface area (Å²) in [6, 6.07) is 91.9. The summed E-state index contributed by atoms with van der Waals surface area (Å²) in [7, 11) is 0. The van der Waals surface area contributed by atoms with Crippen LogP contribution >= 0.6 is 0 Å². The third kappa shape index (κ3) is 7.79. The van der Waals surface area contributed by atoms with Crippen molar-refractivity contribution in [2.24, 2.45) is 0 Å². The van der Waals surface area contributed by atoms with E-state index in [2.05, 4.69) is 309 Å². The van der Waals surface area contributed by atoms with Crippen molar-refractivity contribution < 1.29 is 0 Å². The normalized spacial score (nSPS) is 12.0. The Labute approximate surface area is 509 Å². The number of fused-ring (bicyclic) bond motifs is 12. The number of nitrogens with zero attached hydrogens (tertiary/aromatic N) is 7. The molecular formula is C81H59N7. The zero-order valence-electron chi connectivity index (χ0n) is 49.8. The van der Waals surface area contributed by atoms with Crippen LogP contribution in [0.15, 0.2) is 249 Å². The molecule has 7 nitrogen and oxygen atoms in total. The summed E-state index contributed by atoms with van der Waals surface area (Å²) in [5.41, 5.74) is 25.6. The number of benzene rings is 11. The molecule has 0 radical (unpaired) electrons. The SMILES string of the molecule is Cc1ccc2c(c1)c1ccccc1n2-c1c(-c2cc(C)nc(C)c2)c(-n2c3ccccc3c3cc(C)ccc32)c(-n2c3ccccc3c3cc(C)ccc32)c(-n2c3ccccc3c3cc(C)ccc32)c1-c1cc(-c2ccccc2)nc(-c2ccccc2)n1. The second-order valence-corrected chi connectivity index (χ2v) is 24.0. The summed E-state index contributed by atoms with van der Waals surface area (Å²) < 4.78 is 10.4. The van der Waals surface area contributed by atoms with Crippen molar-refractivity contribution >= 4 is 87.2 Å². The van der Waals surface area contributed by atoms with Gasteiger partial charge in [-0.25, -0.2) is 9.97 Å². The fourth-order valence-corrected chi connectivity index (χ4v) is 14.4. The smallest absolute Gasteiger partial charge is 0.160 e. The lowest BCUT2D eigenvalue weighted by atomic mass is 9.90. The minimum Gasteiger partial charge on any atom is -0.308 e. The van der Waals surface area contributed by atoms with Crippen molar-refractivity contribution in [1.82, 2.24) is 33.2 Å². The molecule has 0 aliphatic heterocycles.